The van der Waals surface area contributed by atoms with Gasteiger partial charge in [0.2, 0.25) is 0 Å². The van der Waals surface area contributed by atoms with Crippen molar-refractivity contribution in [1.29, 1.82) is 0 Å². The molecular formula is C10H12NNaO5S. The Bertz CT molecular complexity index is 517. The quantitative estimate of drug-likeness (QED) is 0.430. The Labute approximate surface area is 127 Å². The van der Waals surface area contributed by atoms with Crippen LogP contribution in [0.2, 0.25) is 0 Å². The number of hydrogen-bond acceptors (Lipinski definition) is 5. The van der Waals surface area contributed by atoms with Crippen LogP contribution >= 0.6 is 0 Å². The first kappa shape index (κ1) is 17.6. The van der Waals surface area contributed by atoms with Crippen LogP contribution in [0.15, 0.2) is 24.3 Å². The van der Waals surface area contributed by atoms with Gasteiger partial charge in [-0.05, 0) is 17.5 Å². The molecule has 0 spiro atoms. The van der Waals surface area contributed by atoms with Crippen LogP contribution in [0.1, 0.15) is 11.1 Å². The number of carbonyl (C=O) groups is 1. The third-order valence-electron chi connectivity index (χ3n) is 2.21. The third-order valence-corrected chi connectivity index (χ3v) is 2.87. The number of rotatable bonds is 5. The SMILES string of the molecule is NC(Cc1ccccc1CS(=O)(=O)[O-])C(=O)O.[Na+]. The smallest absolute Gasteiger partial charge is 0.748 e. The summed E-state index contributed by atoms with van der Waals surface area (Å²) in [6, 6.07) is 5.12. The molecule has 0 fully saturated rings. The topological polar surface area (TPSA) is 121 Å². The molecule has 0 aliphatic heterocycles. The van der Waals surface area contributed by atoms with Crippen LogP contribution in [0, 0.1) is 0 Å². The molecule has 1 aromatic carbocycles. The van der Waals surface area contributed by atoms with Crippen molar-refractivity contribution in [3.05, 3.63) is 35.4 Å². The van der Waals surface area contributed by atoms with Gasteiger partial charge < -0.3 is 15.4 Å². The molecule has 1 rings (SSSR count). The van der Waals surface area contributed by atoms with Gasteiger partial charge in [0, 0.05) is 0 Å². The van der Waals surface area contributed by atoms with Gasteiger partial charge in [0.05, 0.1) is 15.9 Å². The second kappa shape index (κ2) is 7.22. The summed E-state index contributed by atoms with van der Waals surface area (Å²) in [5.41, 5.74) is 6.10. The zero-order valence-corrected chi connectivity index (χ0v) is 12.7. The largest absolute Gasteiger partial charge is 1.00 e. The molecule has 18 heavy (non-hydrogen) atoms. The second-order valence-electron chi connectivity index (χ2n) is 3.62. The molecule has 94 valence electrons. The minimum absolute atomic E-state index is 0. The molecule has 3 N–H and O–H groups in total. The number of hydrogen-bond donors (Lipinski definition) is 2. The summed E-state index contributed by atoms with van der Waals surface area (Å²) in [4.78, 5) is 10.6. The molecule has 0 aliphatic rings. The summed E-state index contributed by atoms with van der Waals surface area (Å²) < 4.78 is 32.0. The van der Waals surface area contributed by atoms with Crippen LogP contribution < -0.4 is 35.3 Å². The summed E-state index contributed by atoms with van der Waals surface area (Å²) >= 11 is 0. The minimum atomic E-state index is -4.39. The summed E-state index contributed by atoms with van der Waals surface area (Å²) in [5, 5.41) is 8.66. The van der Waals surface area contributed by atoms with Crippen molar-refractivity contribution in [1.82, 2.24) is 0 Å². The van der Waals surface area contributed by atoms with Crippen molar-refractivity contribution < 1.29 is 52.4 Å². The van der Waals surface area contributed by atoms with E-state index in [0.29, 0.717) is 11.1 Å². The molecular weight excluding hydrogens is 269 g/mol. The van der Waals surface area contributed by atoms with Gasteiger partial charge in [0.15, 0.2) is 0 Å². The average molecular weight is 281 g/mol. The minimum Gasteiger partial charge on any atom is -0.748 e. The maximum absolute atomic E-state index is 10.7. The molecule has 0 bridgehead atoms. The van der Waals surface area contributed by atoms with E-state index in [2.05, 4.69) is 0 Å². The fraction of sp³-hybridized carbons (Fsp3) is 0.300. The predicted octanol–water partition coefficient (Wildman–Crippen LogP) is -3.31. The van der Waals surface area contributed by atoms with E-state index in [1.54, 1.807) is 18.2 Å². The van der Waals surface area contributed by atoms with Crippen LogP contribution in [-0.4, -0.2) is 30.1 Å². The molecule has 8 heteroatoms. The molecule has 6 nitrogen and oxygen atoms in total. The molecule has 0 amide bonds. The van der Waals surface area contributed by atoms with Gasteiger partial charge in [-0.25, -0.2) is 8.42 Å². The van der Waals surface area contributed by atoms with Crippen LogP contribution in [0.5, 0.6) is 0 Å². The molecule has 0 aliphatic carbocycles. The summed E-state index contributed by atoms with van der Waals surface area (Å²) in [5.74, 6) is -1.83. The number of carboxylic acids is 1. The normalized spacial score (nSPS) is 12.6. The van der Waals surface area contributed by atoms with E-state index < -0.39 is 27.9 Å². The van der Waals surface area contributed by atoms with Crippen LogP contribution in [0.25, 0.3) is 0 Å². The Balaban J connectivity index is 0.00000289. The van der Waals surface area contributed by atoms with Gasteiger partial charge in [0.1, 0.15) is 6.04 Å². The molecule has 0 aromatic heterocycles. The second-order valence-corrected chi connectivity index (χ2v) is 5.02. The van der Waals surface area contributed by atoms with Gasteiger partial charge in [-0.2, -0.15) is 0 Å². The van der Waals surface area contributed by atoms with Crippen molar-refractivity contribution in [2.75, 3.05) is 0 Å². The molecule has 1 aromatic rings. The van der Waals surface area contributed by atoms with Crippen LogP contribution in [-0.2, 0) is 27.1 Å². The van der Waals surface area contributed by atoms with Crippen molar-refractivity contribution in [2.24, 2.45) is 5.73 Å². The number of benzene rings is 1. The maximum Gasteiger partial charge on any atom is 1.00 e. The zero-order chi connectivity index (χ0) is 13.1. The van der Waals surface area contributed by atoms with E-state index in [4.69, 9.17) is 10.8 Å². The van der Waals surface area contributed by atoms with Gasteiger partial charge in [0.25, 0.3) is 0 Å². The molecule has 0 radical (unpaired) electrons. The number of carboxylic acid groups (broad SMARTS) is 1. The standard InChI is InChI=1S/C10H13NO5S.Na/c11-9(10(12)13)5-7-3-1-2-4-8(7)6-17(14,15)16;/h1-4,9H,5-6,11H2,(H,12,13)(H,14,15,16);/q;+1/p-1. The van der Waals surface area contributed by atoms with E-state index in [1.165, 1.54) is 6.07 Å². The maximum atomic E-state index is 10.7. The van der Waals surface area contributed by atoms with E-state index >= 15 is 0 Å². The molecule has 1 unspecified atom stereocenters. The average Bonchev–Trinajstić information content (AvgIpc) is 2.18. The zero-order valence-electron chi connectivity index (χ0n) is 9.87. The Morgan fingerprint density at radius 1 is 1.33 bits per heavy atom. The van der Waals surface area contributed by atoms with Crippen LogP contribution in [0.3, 0.4) is 0 Å². The Hall–Kier alpha value is -0.440. The first-order valence-electron chi connectivity index (χ1n) is 4.78. The fourth-order valence-electron chi connectivity index (χ4n) is 1.41. The third kappa shape index (κ3) is 5.94. The van der Waals surface area contributed by atoms with Gasteiger partial charge in [-0.3, -0.25) is 4.79 Å². The summed E-state index contributed by atoms with van der Waals surface area (Å²) in [6.45, 7) is 0. The van der Waals surface area contributed by atoms with E-state index in [1.807, 2.05) is 0 Å². The molecule has 0 saturated heterocycles. The Morgan fingerprint density at radius 2 is 1.83 bits per heavy atom. The number of aliphatic carboxylic acids is 1. The van der Waals surface area contributed by atoms with Crippen molar-refractivity contribution in [3.63, 3.8) is 0 Å². The monoisotopic (exact) mass is 281 g/mol. The van der Waals surface area contributed by atoms with Gasteiger partial charge >= 0.3 is 35.5 Å². The first-order chi connectivity index (χ1) is 7.79. The van der Waals surface area contributed by atoms with Crippen molar-refractivity contribution in [2.45, 2.75) is 18.2 Å². The van der Waals surface area contributed by atoms with Gasteiger partial charge in [-0.1, -0.05) is 24.3 Å². The van der Waals surface area contributed by atoms with Crippen LogP contribution in [0.4, 0.5) is 0 Å². The first-order valence-corrected chi connectivity index (χ1v) is 6.36. The Kier molecular flexibility index (Phi) is 7.05. The van der Waals surface area contributed by atoms with Crippen molar-refractivity contribution in [3.8, 4) is 0 Å². The summed E-state index contributed by atoms with van der Waals surface area (Å²) in [6.07, 6.45) is -0.0129. The Morgan fingerprint density at radius 3 is 2.28 bits per heavy atom. The van der Waals surface area contributed by atoms with E-state index in [9.17, 15) is 17.8 Å². The fourth-order valence-corrected chi connectivity index (χ4v) is 2.07. The van der Waals surface area contributed by atoms with E-state index in [-0.39, 0.29) is 36.0 Å². The predicted molar refractivity (Wildman–Crippen MR) is 59.2 cm³/mol. The van der Waals surface area contributed by atoms with E-state index in [0.717, 1.165) is 0 Å². The molecule has 0 heterocycles. The summed E-state index contributed by atoms with van der Waals surface area (Å²) in [7, 11) is -4.39. The van der Waals surface area contributed by atoms with Crippen molar-refractivity contribution >= 4 is 16.1 Å². The molecule has 0 saturated carbocycles. The number of nitrogens with two attached hydrogens (primary N) is 1. The molecule has 1 atom stereocenters. The van der Waals surface area contributed by atoms with Gasteiger partial charge in [-0.15, -0.1) is 0 Å².